The van der Waals surface area contributed by atoms with Crippen LogP contribution in [0.4, 0.5) is 0 Å². The molecule has 0 aliphatic heterocycles. The van der Waals surface area contributed by atoms with Gasteiger partial charge >= 0.3 is 0 Å². The number of hydrogen-bond donors (Lipinski definition) is 2. The molecule has 110 valence electrons. The molecule has 1 atom stereocenters. The molecule has 0 fully saturated rings. The van der Waals surface area contributed by atoms with E-state index in [1.807, 2.05) is 0 Å². The molecule has 4 nitrogen and oxygen atoms in total. The first-order valence-electron chi connectivity index (χ1n) is 7.38. The van der Waals surface area contributed by atoms with E-state index in [2.05, 4.69) is 54.1 Å². The zero-order valence-electron chi connectivity index (χ0n) is 13.0. The maximum atomic E-state index is 5.23. The summed E-state index contributed by atoms with van der Waals surface area (Å²) in [6, 6.07) is 0.408. The van der Waals surface area contributed by atoms with Crippen LogP contribution in [0, 0.1) is 12.3 Å². The Kier molecular flexibility index (Phi) is 11.1. The van der Waals surface area contributed by atoms with Gasteiger partial charge in [-0.05, 0) is 46.3 Å². The van der Waals surface area contributed by atoms with E-state index in [-0.39, 0.29) is 0 Å². The third-order valence-electron chi connectivity index (χ3n) is 3.06. The molecule has 0 aromatic rings. The Labute approximate surface area is 119 Å². The fraction of sp³-hybridized carbons (Fsp3) is 0.800. The van der Waals surface area contributed by atoms with E-state index in [0.717, 1.165) is 38.6 Å². The first-order valence-corrected chi connectivity index (χ1v) is 7.38. The highest BCUT2D eigenvalue weighted by Gasteiger charge is 2.06. The lowest BCUT2D eigenvalue weighted by molar-refractivity contribution is 0.292. The van der Waals surface area contributed by atoms with E-state index < -0.39 is 0 Å². The Morgan fingerprint density at radius 1 is 1.32 bits per heavy atom. The molecule has 0 aliphatic rings. The maximum Gasteiger partial charge on any atom is 0.192 e. The van der Waals surface area contributed by atoms with Crippen molar-refractivity contribution in [1.29, 1.82) is 0 Å². The highest BCUT2D eigenvalue weighted by atomic mass is 15.2. The van der Waals surface area contributed by atoms with Gasteiger partial charge in [0.05, 0.1) is 0 Å². The first kappa shape index (κ1) is 17.8. The average molecular weight is 266 g/mol. The fourth-order valence-corrected chi connectivity index (χ4v) is 1.91. The van der Waals surface area contributed by atoms with Crippen molar-refractivity contribution in [3.63, 3.8) is 0 Å². The minimum absolute atomic E-state index is 0.408. The second-order valence-electron chi connectivity index (χ2n) is 4.61. The summed E-state index contributed by atoms with van der Waals surface area (Å²) in [6.45, 7) is 13.3. The molecule has 0 rings (SSSR count). The van der Waals surface area contributed by atoms with Gasteiger partial charge in [-0.1, -0.05) is 19.8 Å². The smallest absolute Gasteiger partial charge is 0.192 e. The second kappa shape index (κ2) is 11.9. The van der Waals surface area contributed by atoms with Crippen LogP contribution < -0.4 is 10.6 Å². The third-order valence-corrected chi connectivity index (χ3v) is 3.06. The minimum Gasteiger partial charge on any atom is -0.357 e. The molecule has 4 heteroatoms. The van der Waals surface area contributed by atoms with Gasteiger partial charge in [-0.3, -0.25) is 0 Å². The standard InChI is InChI=1S/C15H30N4/c1-6-12-17-15(16-7-2)18-14(5)11-10-13-19(8-3)9-4/h1,14H,7-13H2,2-5H3,(H2,16,17,18). The van der Waals surface area contributed by atoms with E-state index in [1.165, 1.54) is 6.42 Å². The van der Waals surface area contributed by atoms with Crippen molar-refractivity contribution in [2.24, 2.45) is 4.99 Å². The number of hydrogen-bond acceptors (Lipinski definition) is 2. The molecule has 1 unspecified atom stereocenters. The van der Waals surface area contributed by atoms with Crippen molar-refractivity contribution in [3.8, 4) is 12.3 Å². The second-order valence-corrected chi connectivity index (χ2v) is 4.61. The number of nitrogens with zero attached hydrogens (tertiary/aromatic N) is 2. The monoisotopic (exact) mass is 266 g/mol. The summed E-state index contributed by atoms with van der Waals surface area (Å²) >= 11 is 0. The number of terminal acetylenes is 1. The van der Waals surface area contributed by atoms with E-state index >= 15 is 0 Å². The van der Waals surface area contributed by atoms with E-state index in [0.29, 0.717) is 12.6 Å². The lowest BCUT2D eigenvalue weighted by atomic mass is 10.2. The molecule has 2 N–H and O–H groups in total. The lowest BCUT2D eigenvalue weighted by Crippen LogP contribution is -2.42. The summed E-state index contributed by atoms with van der Waals surface area (Å²) in [7, 11) is 0. The van der Waals surface area contributed by atoms with Gasteiger partial charge < -0.3 is 15.5 Å². The SMILES string of the molecule is C#CCN=C(NCC)NC(C)CCCN(CC)CC. The molecule has 0 spiro atoms. The van der Waals surface area contributed by atoms with E-state index in [4.69, 9.17) is 6.42 Å². The maximum absolute atomic E-state index is 5.23. The largest absolute Gasteiger partial charge is 0.357 e. The van der Waals surface area contributed by atoms with Crippen LogP contribution in [0.25, 0.3) is 0 Å². The van der Waals surface area contributed by atoms with Crippen LogP contribution in [0.5, 0.6) is 0 Å². The molecule has 0 aromatic carbocycles. The molecule has 0 aliphatic carbocycles. The molecule has 0 saturated carbocycles. The van der Waals surface area contributed by atoms with Gasteiger partial charge in [0.2, 0.25) is 0 Å². The molecular weight excluding hydrogens is 236 g/mol. The van der Waals surface area contributed by atoms with Gasteiger partial charge in [0, 0.05) is 12.6 Å². The molecule has 19 heavy (non-hydrogen) atoms. The van der Waals surface area contributed by atoms with Gasteiger partial charge in [0.1, 0.15) is 6.54 Å². The predicted molar refractivity (Wildman–Crippen MR) is 84.4 cm³/mol. The third kappa shape index (κ3) is 9.38. The van der Waals surface area contributed by atoms with Crippen LogP contribution in [0.1, 0.15) is 40.5 Å². The van der Waals surface area contributed by atoms with Crippen LogP contribution in [0.15, 0.2) is 4.99 Å². The Morgan fingerprint density at radius 2 is 2.00 bits per heavy atom. The number of aliphatic imine (C=N–C) groups is 1. The van der Waals surface area contributed by atoms with Gasteiger partial charge in [-0.25, -0.2) is 4.99 Å². The normalized spacial score (nSPS) is 13.2. The molecule has 0 amide bonds. The summed E-state index contributed by atoms with van der Waals surface area (Å²) in [5.74, 6) is 3.34. The fourth-order valence-electron chi connectivity index (χ4n) is 1.91. The summed E-state index contributed by atoms with van der Waals surface area (Å²) in [6.07, 6.45) is 7.56. The van der Waals surface area contributed by atoms with Crippen LogP contribution in [0.3, 0.4) is 0 Å². The van der Waals surface area contributed by atoms with Crippen LogP contribution in [-0.2, 0) is 0 Å². The highest BCUT2D eigenvalue weighted by molar-refractivity contribution is 5.80. The Bertz CT molecular complexity index is 276. The van der Waals surface area contributed by atoms with Crippen molar-refractivity contribution in [3.05, 3.63) is 0 Å². The lowest BCUT2D eigenvalue weighted by Gasteiger charge is -2.21. The summed E-state index contributed by atoms with van der Waals surface area (Å²) < 4.78 is 0. The summed E-state index contributed by atoms with van der Waals surface area (Å²) in [5.41, 5.74) is 0. The average Bonchev–Trinajstić information content (AvgIpc) is 2.41. The van der Waals surface area contributed by atoms with Crippen LogP contribution >= 0.6 is 0 Å². The quantitative estimate of drug-likeness (QED) is 0.379. The number of guanidine groups is 1. The van der Waals surface area contributed by atoms with E-state index in [9.17, 15) is 0 Å². The molecule has 0 heterocycles. The summed E-state index contributed by atoms with van der Waals surface area (Å²) in [4.78, 5) is 6.74. The number of nitrogens with one attached hydrogen (secondary N) is 2. The molecule has 0 radical (unpaired) electrons. The van der Waals surface area contributed by atoms with Crippen molar-refractivity contribution in [1.82, 2.24) is 15.5 Å². The van der Waals surface area contributed by atoms with Crippen molar-refractivity contribution in [2.75, 3.05) is 32.7 Å². The number of rotatable bonds is 9. The molecule has 0 aromatic heterocycles. The Hall–Kier alpha value is -1.21. The Morgan fingerprint density at radius 3 is 2.53 bits per heavy atom. The molecule has 0 saturated heterocycles. The van der Waals surface area contributed by atoms with Crippen molar-refractivity contribution < 1.29 is 0 Å². The molecule has 0 bridgehead atoms. The van der Waals surface area contributed by atoms with Gasteiger partial charge in [-0.15, -0.1) is 6.42 Å². The van der Waals surface area contributed by atoms with Gasteiger partial charge in [0.15, 0.2) is 5.96 Å². The zero-order chi connectivity index (χ0) is 14.5. The summed E-state index contributed by atoms with van der Waals surface area (Å²) in [5, 5.41) is 6.59. The van der Waals surface area contributed by atoms with Crippen LogP contribution in [-0.4, -0.2) is 49.6 Å². The van der Waals surface area contributed by atoms with Gasteiger partial charge in [-0.2, -0.15) is 0 Å². The minimum atomic E-state index is 0.408. The predicted octanol–water partition coefficient (Wildman–Crippen LogP) is 1.69. The highest BCUT2D eigenvalue weighted by Crippen LogP contribution is 1.99. The Balaban J connectivity index is 3.99. The van der Waals surface area contributed by atoms with E-state index in [1.54, 1.807) is 0 Å². The topological polar surface area (TPSA) is 39.7 Å². The zero-order valence-corrected chi connectivity index (χ0v) is 13.0. The van der Waals surface area contributed by atoms with Crippen molar-refractivity contribution >= 4 is 5.96 Å². The van der Waals surface area contributed by atoms with Crippen LogP contribution in [0.2, 0.25) is 0 Å². The van der Waals surface area contributed by atoms with Crippen molar-refractivity contribution in [2.45, 2.75) is 46.6 Å². The molecular formula is C15H30N4. The first-order chi connectivity index (χ1) is 9.17. The van der Waals surface area contributed by atoms with Gasteiger partial charge in [0.25, 0.3) is 0 Å².